The predicted octanol–water partition coefficient (Wildman–Crippen LogP) is 0.120. The predicted molar refractivity (Wildman–Crippen MR) is 43.1 cm³/mol. The van der Waals surface area contributed by atoms with Crippen molar-refractivity contribution in [1.82, 2.24) is 5.32 Å². The monoisotopic (exact) mass is 172 g/mol. The minimum absolute atomic E-state index is 0.617. The molecule has 68 valence electrons. The molecule has 0 aromatic heterocycles. The van der Waals surface area contributed by atoms with Crippen molar-refractivity contribution in [2.24, 2.45) is 5.73 Å². The Morgan fingerprint density at radius 3 is 2.42 bits per heavy atom. The maximum Gasteiger partial charge on any atom is 0.332 e. The number of esters is 1. The van der Waals surface area contributed by atoms with Gasteiger partial charge in [-0.15, -0.1) is 0 Å². The van der Waals surface area contributed by atoms with E-state index in [1.807, 2.05) is 0 Å². The smallest absolute Gasteiger partial charge is 0.332 e. The number of nitrogens with two attached hydrogens (primary N) is 1. The molecule has 0 heterocycles. The fourth-order valence-corrected chi connectivity index (χ4v) is 0.615. The summed E-state index contributed by atoms with van der Waals surface area (Å²) in [5, 5.41) is 2.23. The zero-order chi connectivity index (χ0) is 9.78. The van der Waals surface area contributed by atoms with Crippen LogP contribution in [-0.4, -0.2) is 17.7 Å². The lowest BCUT2D eigenvalue weighted by Crippen LogP contribution is -2.48. The van der Waals surface area contributed by atoms with Crippen LogP contribution in [0.3, 0.4) is 0 Å². The first-order chi connectivity index (χ1) is 5.37. The number of amides is 2. The van der Waals surface area contributed by atoms with E-state index in [-0.39, 0.29) is 0 Å². The number of hydrogen-bond donors (Lipinski definition) is 2. The lowest BCUT2D eigenvalue weighted by molar-refractivity contribution is -0.151. The minimum Gasteiger partial charge on any atom is -0.436 e. The van der Waals surface area contributed by atoms with Crippen LogP contribution in [0.15, 0.2) is 12.7 Å². The van der Waals surface area contributed by atoms with Crippen molar-refractivity contribution < 1.29 is 14.3 Å². The highest BCUT2D eigenvalue weighted by Gasteiger charge is 2.22. The number of primary amides is 1. The van der Waals surface area contributed by atoms with Crippen molar-refractivity contribution >= 4 is 12.0 Å². The molecular formula is C7H12N2O3. The van der Waals surface area contributed by atoms with E-state index in [0.29, 0.717) is 0 Å². The van der Waals surface area contributed by atoms with Crippen molar-refractivity contribution in [2.45, 2.75) is 19.6 Å². The first kappa shape index (κ1) is 10.5. The van der Waals surface area contributed by atoms with E-state index in [9.17, 15) is 9.59 Å². The van der Waals surface area contributed by atoms with Gasteiger partial charge in [-0.2, -0.15) is 0 Å². The number of nitrogens with one attached hydrogen (secondary N) is 1. The van der Waals surface area contributed by atoms with Gasteiger partial charge in [0.15, 0.2) is 5.72 Å². The average molecular weight is 172 g/mol. The van der Waals surface area contributed by atoms with Crippen LogP contribution in [0.4, 0.5) is 4.79 Å². The van der Waals surface area contributed by atoms with Crippen molar-refractivity contribution in [1.29, 1.82) is 0 Å². The Labute approximate surface area is 70.6 Å². The molecule has 5 nitrogen and oxygen atoms in total. The normalized spacial score (nSPS) is 10.2. The van der Waals surface area contributed by atoms with Gasteiger partial charge >= 0.3 is 12.0 Å². The Bertz CT molecular complexity index is 211. The average Bonchev–Trinajstić information content (AvgIpc) is 1.83. The summed E-state index contributed by atoms with van der Waals surface area (Å²) in [4.78, 5) is 21.1. The van der Waals surface area contributed by atoms with Gasteiger partial charge < -0.3 is 15.8 Å². The SMILES string of the molecule is C=CC(=O)OC(C)(C)NC(N)=O. The second-order valence-electron chi connectivity index (χ2n) is 2.62. The van der Waals surface area contributed by atoms with Crippen LogP contribution >= 0.6 is 0 Å². The topological polar surface area (TPSA) is 81.4 Å². The Kier molecular flexibility index (Phi) is 3.28. The van der Waals surface area contributed by atoms with E-state index in [1.54, 1.807) is 0 Å². The molecule has 0 unspecified atom stereocenters. The van der Waals surface area contributed by atoms with E-state index in [0.717, 1.165) is 6.08 Å². The highest BCUT2D eigenvalue weighted by Crippen LogP contribution is 2.04. The van der Waals surface area contributed by atoms with E-state index in [2.05, 4.69) is 11.9 Å². The van der Waals surface area contributed by atoms with Gasteiger partial charge in [-0.3, -0.25) is 0 Å². The zero-order valence-electron chi connectivity index (χ0n) is 7.09. The van der Waals surface area contributed by atoms with E-state index >= 15 is 0 Å². The molecule has 0 fully saturated rings. The Hall–Kier alpha value is -1.52. The van der Waals surface area contributed by atoms with Crippen LogP contribution in [0.5, 0.6) is 0 Å². The van der Waals surface area contributed by atoms with E-state index in [4.69, 9.17) is 10.5 Å². The molecule has 0 atom stereocenters. The number of ether oxygens (including phenoxy) is 1. The first-order valence-corrected chi connectivity index (χ1v) is 3.30. The molecule has 0 aromatic carbocycles. The summed E-state index contributed by atoms with van der Waals surface area (Å²) in [6.45, 7) is 6.20. The van der Waals surface area contributed by atoms with Crippen LogP contribution < -0.4 is 11.1 Å². The van der Waals surface area contributed by atoms with Gasteiger partial charge in [-0.05, 0) is 13.8 Å². The molecule has 0 aliphatic carbocycles. The van der Waals surface area contributed by atoms with Gasteiger partial charge in [-0.1, -0.05) is 6.58 Å². The molecule has 3 N–H and O–H groups in total. The Morgan fingerprint density at radius 1 is 1.58 bits per heavy atom. The molecule has 0 saturated heterocycles. The van der Waals surface area contributed by atoms with Crippen LogP contribution in [0.2, 0.25) is 0 Å². The fourth-order valence-electron chi connectivity index (χ4n) is 0.615. The molecule has 12 heavy (non-hydrogen) atoms. The molecule has 0 aliphatic rings. The third-order valence-electron chi connectivity index (χ3n) is 0.947. The molecule has 0 saturated carbocycles. The largest absolute Gasteiger partial charge is 0.436 e. The summed E-state index contributed by atoms with van der Waals surface area (Å²) in [5.41, 5.74) is 3.73. The minimum atomic E-state index is -1.10. The van der Waals surface area contributed by atoms with Gasteiger partial charge in [0.05, 0.1) is 0 Å². The lowest BCUT2D eigenvalue weighted by atomic mass is 10.3. The van der Waals surface area contributed by atoms with Gasteiger partial charge in [0.25, 0.3) is 0 Å². The number of urea groups is 1. The highest BCUT2D eigenvalue weighted by molar-refractivity contribution is 5.82. The summed E-state index contributed by atoms with van der Waals surface area (Å²) in [6.07, 6.45) is 1.00. The van der Waals surface area contributed by atoms with E-state index in [1.165, 1.54) is 13.8 Å². The van der Waals surface area contributed by atoms with Crippen LogP contribution in [-0.2, 0) is 9.53 Å². The molecular weight excluding hydrogens is 160 g/mol. The Balaban J connectivity index is 4.11. The van der Waals surface area contributed by atoms with Crippen molar-refractivity contribution in [3.05, 3.63) is 12.7 Å². The number of hydrogen-bond acceptors (Lipinski definition) is 3. The van der Waals surface area contributed by atoms with Gasteiger partial charge in [0, 0.05) is 6.08 Å². The number of carbonyl (C=O) groups is 2. The van der Waals surface area contributed by atoms with Crippen molar-refractivity contribution in [2.75, 3.05) is 0 Å². The van der Waals surface area contributed by atoms with Crippen LogP contribution in [0.1, 0.15) is 13.8 Å². The summed E-state index contributed by atoms with van der Waals surface area (Å²) >= 11 is 0. The molecule has 0 aromatic rings. The highest BCUT2D eigenvalue weighted by atomic mass is 16.6. The standard InChI is InChI=1S/C7H12N2O3/c1-4-5(10)12-7(2,3)9-6(8)11/h4H,1H2,2-3H3,(H3,8,9,11). The molecule has 0 radical (unpaired) electrons. The molecule has 5 heteroatoms. The molecule has 2 amide bonds. The second-order valence-corrected chi connectivity index (χ2v) is 2.62. The third kappa shape index (κ3) is 4.32. The summed E-state index contributed by atoms with van der Waals surface area (Å²) in [7, 11) is 0. The third-order valence-corrected chi connectivity index (χ3v) is 0.947. The molecule has 0 aliphatic heterocycles. The lowest BCUT2D eigenvalue weighted by Gasteiger charge is -2.24. The second kappa shape index (κ2) is 3.75. The van der Waals surface area contributed by atoms with Crippen molar-refractivity contribution in [3.8, 4) is 0 Å². The van der Waals surface area contributed by atoms with Crippen LogP contribution in [0, 0.1) is 0 Å². The molecule has 0 rings (SSSR count). The number of rotatable bonds is 3. The maximum atomic E-state index is 10.7. The molecule has 0 spiro atoms. The summed E-state index contributed by atoms with van der Waals surface area (Å²) in [6, 6.07) is -0.753. The van der Waals surface area contributed by atoms with Gasteiger partial charge in [-0.25, -0.2) is 9.59 Å². The van der Waals surface area contributed by atoms with Crippen LogP contribution in [0.25, 0.3) is 0 Å². The molecule has 0 bridgehead atoms. The summed E-state index contributed by atoms with van der Waals surface area (Å²) in [5.74, 6) is -0.617. The maximum absolute atomic E-state index is 10.7. The Morgan fingerprint density at radius 2 is 2.08 bits per heavy atom. The van der Waals surface area contributed by atoms with Gasteiger partial charge in [0.2, 0.25) is 0 Å². The van der Waals surface area contributed by atoms with Gasteiger partial charge in [0.1, 0.15) is 0 Å². The zero-order valence-corrected chi connectivity index (χ0v) is 7.09. The number of carbonyl (C=O) groups excluding carboxylic acids is 2. The summed E-state index contributed by atoms with van der Waals surface area (Å²) < 4.78 is 4.73. The van der Waals surface area contributed by atoms with Crippen molar-refractivity contribution in [3.63, 3.8) is 0 Å². The van der Waals surface area contributed by atoms with E-state index < -0.39 is 17.7 Å². The fraction of sp³-hybridized carbons (Fsp3) is 0.429. The first-order valence-electron chi connectivity index (χ1n) is 3.30. The quantitative estimate of drug-likeness (QED) is 0.360.